The summed E-state index contributed by atoms with van der Waals surface area (Å²) in [6.07, 6.45) is 0.839. The number of rotatable bonds is 6. The van der Waals surface area contributed by atoms with Crippen LogP contribution in [0.2, 0.25) is 10.0 Å². The molecule has 31 heavy (non-hydrogen) atoms. The number of hydrogen-bond acceptors (Lipinski definition) is 3. The van der Waals surface area contributed by atoms with Gasteiger partial charge in [-0.05, 0) is 68.3 Å². The number of carbonyl (C=O) groups excluding carboxylic acids is 1. The molecule has 0 fully saturated rings. The zero-order chi connectivity index (χ0) is 22.1. The first-order chi connectivity index (χ1) is 14.9. The molecule has 4 nitrogen and oxygen atoms in total. The molecule has 1 amide bonds. The van der Waals surface area contributed by atoms with Crippen LogP contribution in [-0.4, -0.2) is 15.5 Å². The van der Waals surface area contributed by atoms with Crippen molar-refractivity contribution >= 4 is 51.5 Å². The van der Waals surface area contributed by atoms with E-state index in [1.165, 1.54) is 9.75 Å². The second-order valence-electron chi connectivity index (χ2n) is 7.58. The van der Waals surface area contributed by atoms with Crippen molar-refractivity contribution in [1.29, 1.82) is 0 Å². The number of fused-ring (bicyclic) bond motifs is 1. The number of hydrogen-bond donors (Lipinski definition) is 1. The summed E-state index contributed by atoms with van der Waals surface area (Å²) in [5.74, 6) is 0.788. The summed E-state index contributed by atoms with van der Waals surface area (Å²) >= 11 is 13.9. The predicted molar refractivity (Wildman–Crippen MR) is 130 cm³/mol. The summed E-state index contributed by atoms with van der Waals surface area (Å²) in [7, 11) is 0. The predicted octanol–water partition coefficient (Wildman–Crippen LogP) is 6.95. The van der Waals surface area contributed by atoms with Crippen LogP contribution in [0.5, 0.6) is 0 Å². The molecule has 0 bridgehead atoms. The number of thiophene rings is 1. The topological polar surface area (TPSA) is 46.9 Å². The maximum absolute atomic E-state index is 12.9. The minimum Gasteiger partial charge on any atom is -0.344 e. The molecule has 0 aliphatic rings. The molecule has 4 aromatic rings. The number of nitrogens with zero attached hydrogens (tertiary/aromatic N) is 2. The van der Waals surface area contributed by atoms with Crippen LogP contribution >= 0.6 is 34.5 Å². The van der Waals surface area contributed by atoms with Gasteiger partial charge in [-0.15, -0.1) is 11.3 Å². The first-order valence-electron chi connectivity index (χ1n) is 10.1. The van der Waals surface area contributed by atoms with E-state index >= 15 is 0 Å². The van der Waals surface area contributed by atoms with E-state index in [2.05, 4.69) is 40.8 Å². The van der Waals surface area contributed by atoms with Crippen LogP contribution in [0.25, 0.3) is 11.0 Å². The molecule has 7 heteroatoms. The van der Waals surface area contributed by atoms with Gasteiger partial charge < -0.3 is 9.88 Å². The van der Waals surface area contributed by atoms with E-state index in [1.807, 2.05) is 37.3 Å². The number of amides is 1. The third-order valence-corrected chi connectivity index (χ3v) is 7.20. The second-order valence-corrected chi connectivity index (χ2v) is 9.71. The Morgan fingerprint density at radius 3 is 2.58 bits per heavy atom. The van der Waals surface area contributed by atoms with Crippen molar-refractivity contribution in [2.45, 2.75) is 39.8 Å². The number of benzene rings is 2. The Morgan fingerprint density at radius 1 is 1.10 bits per heavy atom. The molecule has 1 atom stereocenters. The van der Waals surface area contributed by atoms with E-state index in [4.69, 9.17) is 23.2 Å². The van der Waals surface area contributed by atoms with E-state index in [1.54, 1.807) is 17.4 Å². The second kappa shape index (κ2) is 9.03. The molecule has 2 aromatic heterocycles. The quantitative estimate of drug-likeness (QED) is 0.330. The Hall–Kier alpha value is -2.34. The largest absolute Gasteiger partial charge is 0.344 e. The lowest BCUT2D eigenvalue weighted by Crippen LogP contribution is -2.27. The van der Waals surface area contributed by atoms with Gasteiger partial charge >= 0.3 is 0 Å². The summed E-state index contributed by atoms with van der Waals surface area (Å²) in [6.45, 7) is 6.74. The molecule has 0 aliphatic carbocycles. The van der Waals surface area contributed by atoms with Crippen LogP contribution in [0.3, 0.4) is 0 Å². The molecule has 2 heterocycles. The third-order valence-electron chi connectivity index (χ3n) is 5.34. The van der Waals surface area contributed by atoms with Gasteiger partial charge in [0.2, 0.25) is 0 Å². The van der Waals surface area contributed by atoms with Gasteiger partial charge in [0.05, 0.1) is 27.1 Å². The minimum absolute atomic E-state index is 0.0100. The fourth-order valence-corrected chi connectivity index (χ4v) is 5.00. The fraction of sp³-hybridized carbons (Fsp3) is 0.250. The smallest absolute Gasteiger partial charge is 0.251 e. The van der Waals surface area contributed by atoms with E-state index in [-0.39, 0.29) is 11.9 Å². The van der Waals surface area contributed by atoms with Gasteiger partial charge in [0.25, 0.3) is 5.91 Å². The summed E-state index contributed by atoms with van der Waals surface area (Å²) in [6, 6.07) is 15.5. The zero-order valence-corrected chi connectivity index (χ0v) is 19.9. The molecule has 160 valence electrons. The van der Waals surface area contributed by atoms with E-state index < -0.39 is 0 Å². The standard InChI is InChI=1S/C24H23Cl2N3OS/c1-4-20(23-10-5-14(2)31-23)28-24(30)17-7-9-22-21(12-17)27-15(3)29(22)13-16-6-8-18(25)19(26)11-16/h5-12,20H,4,13H2,1-3H3,(H,28,30). The molecule has 0 saturated heterocycles. The van der Waals surface area contributed by atoms with Crippen LogP contribution < -0.4 is 5.32 Å². The first kappa shape index (κ1) is 21.9. The van der Waals surface area contributed by atoms with E-state index in [0.29, 0.717) is 22.2 Å². The molecule has 0 aliphatic heterocycles. The Morgan fingerprint density at radius 2 is 1.90 bits per heavy atom. The maximum atomic E-state index is 12.9. The summed E-state index contributed by atoms with van der Waals surface area (Å²) < 4.78 is 2.11. The van der Waals surface area contributed by atoms with Crippen molar-refractivity contribution in [1.82, 2.24) is 14.9 Å². The Balaban J connectivity index is 1.58. The van der Waals surface area contributed by atoms with E-state index in [0.717, 1.165) is 28.8 Å². The Bertz CT molecular complexity index is 1260. The van der Waals surface area contributed by atoms with Crippen LogP contribution in [0, 0.1) is 13.8 Å². The maximum Gasteiger partial charge on any atom is 0.251 e. The highest BCUT2D eigenvalue weighted by atomic mass is 35.5. The molecule has 1 N–H and O–H groups in total. The van der Waals surface area contributed by atoms with Crippen LogP contribution in [0.4, 0.5) is 0 Å². The minimum atomic E-state index is -0.0866. The highest BCUT2D eigenvalue weighted by Crippen LogP contribution is 2.27. The molecule has 4 rings (SSSR count). The normalized spacial score (nSPS) is 12.3. The van der Waals surface area contributed by atoms with Crippen molar-refractivity contribution in [3.8, 4) is 0 Å². The lowest BCUT2D eigenvalue weighted by molar-refractivity contribution is 0.0936. The van der Waals surface area contributed by atoms with Gasteiger partial charge in [-0.25, -0.2) is 4.98 Å². The molecular formula is C24H23Cl2N3OS. The summed E-state index contributed by atoms with van der Waals surface area (Å²) in [5.41, 5.74) is 3.42. The van der Waals surface area contributed by atoms with Gasteiger partial charge in [-0.3, -0.25) is 4.79 Å². The first-order valence-corrected chi connectivity index (χ1v) is 11.7. The number of nitrogens with one attached hydrogen (secondary N) is 1. The lowest BCUT2D eigenvalue weighted by Gasteiger charge is -2.15. The van der Waals surface area contributed by atoms with Crippen molar-refractivity contribution in [2.24, 2.45) is 0 Å². The molecule has 0 spiro atoms. The summed E-state index contributed by atoms with van der Waals surface area (Å²) in [4.78, 5) is 20.0. The van der Waals surface area contributed by atoms with Gasteiger partial charge in [0.1, 0.15) is 5.82 Å². The number of halogens is 2. The summed E-state index contributed by atoms with van der Waals surface area (Å²) in [5, 5.41) is 4.23. The SMILES string of the molecule is CCC(NC(=O)c1ccc2c(c1)nc(C)n2Cc1ccc(Cl)c(Cl)c1)c1ccc(C)s1. The fourth-order valence-electron chi connectivity index (χ4n) is 3.67. The molecule has 1 unspecified atom stereocenters. The van der Waals surface area contributed by atoms with Gasteiger partial charge in [-0.1, -0.05) is 36.2 Å². The monoisotopic (exact) mass is 471 g/mol. The third kappa shape index (κ3) is 4.64. The number of aromatic nitrogens is 2. The molecule has 0 saturated carbocycles. The van der Waals surface area contributed by atoms with E-state index in [9.17, 15) is 4.79 Å². The number of imidazole rings is 1. The number of aryl methyl sites for hydroxylation is 2. The van der Waals surface area contributed by atoms with Gasteiger partial charge in [0.15, 0.2) is 0 Å². The number of carbonyl (C=O) groups is 1. The Labute approximate surface area is 195 Å². The van der Waals surface area contributed by atoms with Crippen molar-refractivity contribution in [3.05, 3.63) is 85.3 Å². The van der Waals surface area contributed by atoms with Crippen LogP contribution in [-0.2, 0) is 6.54 Å². The average Bonchev–Trinajstić information content (AvgIpc) is 3.31. The molecule has 2 aromatic carbocycles. The van der Waals surface area contributed by atoms with Gasteiger partial charge in [0, 0.05) is 21.9 Å². The average molecular weight is 472 g/mol. The zero-order valence-electron chi connectivity index (χ0n) is 17.6. The van der Waals surface area contributed by atoms with Crippen LogP contribution in [0.1, 0.15) is 50.9 Å². The Kier molecular flexibility index (Phi) is 6.37. The molecule has 0 radical (unpaired) electrons. The van der Waals surface area contributed by atoms with Crippen molar-refractivity contribution < 1.29 is 4.79 Å². The highest BCUT2D eigenvalue weighted by molar-refractivity contribution is 7.12. The van der Waals surface area contributed by atoms with Crippen molar-refractivity contribution in [3.63, 3.8) is 0 Å². The highest BCUT2D eigenvalue weighted by Gasteiger charge is 2.17. The lowest BCUT2D eigenvalue weighted by atomic mass is 10.1. The molecular weight excluding hydrogens is 449 g/mol. The van der Waals surface area contributed by atoms with Gasteiger partial charge in [-0.2, -0.15) is 0 Å². The van der Waals surface area contributed by atoms with Crippen LogP contribution in [0.15, 0.2) is 48.5 Å². The van der Waals surface area contributed by atoms with Crippen molar-refractivity contribution in [2.75, 3.05) is 0 Å².